The van der Waals surface area contributed by atoms with Crippen molar-refractivity contribution in [3.63, 3.8) is 0 Å². The number of rotatable bonds is 4. The Morgan fingerprint density at radius 3 is 1.75 bits per heavy atom. The molecule has 0 amide bonds. The van der Waals surface area contributed by atoms with Crippen LogP contribution in [0.15, 0.2) is 164 Å². The van der Waals surface area contributed by atoms with E-state index in [0.717, 1.165) is 12.8 Å². The third-order valence-electron chi connectivity index (χ3n) is 17.5. The van der Waals surface area contributed by atoms with Gasteiger partial charge in [-0.25, -0.2) is 0 Å². The van der Waals surface area contributed by atoms with Gasteiger partial charge in [0.1, 0.15) is 0 Å². The Bertz CT molecular complexity index is 3490. The Kier molecular flexibility index (Phi) is 10.2. The van der Waals surface area contributed by atoms with E-state index in [-0.39, 0.29) is 28.4 Å². The van der Waals surface area contributed by atoms with Gasteiger partial charge in [-0.2, -0.15) is 0 Å². The normalized spacial score (nSPS) is 18.8. The molecule has 0 fully saturated rings. The van der Waals surface area contributed by atoms with E-state index >= 15 is 0 Å². The number of benzene rings is 8. The van der Waals surface area contributed by atoms with E-state index in [0.29, 0.717) is 0 Å². The summed E-state index contributed by atoms with van der Waals surface area (Å²) in [6, 6.07) is 64.0. The standard InChI is InChI=1S/C68H70BN3/c1-43-37-44(2)63-54(38-43)67(12)36-35-46-23-17-18-24-53(46)68(67,13)72(63)51-41-60-62-61(42-51)71(57-33-29-48(65(6,7)8)39-52(57)45-21-15-14-16-22-45)58-26-20-19-25-55(58)69(62)56-40-49(66(9,10)11)30-34-59(56)70(60)50-31-27-47(28-32-50)64(3,4)5/h14-34,37-42H,35-36H2,1-13H3. The predicted molar refractivity (Wildman–Crippen MR) is 310 cm³/mol. The number of anilines is 8. The van der Waals surface area contributed by atoms with Gasteiger partial charge < -0.3 is 14.7 Å². The summed E-state index contributed by atoms with van der Waals surface area (Å²) in [6.45, 7) is 30.7. The number of nitrogens with zero attached hydrogens (tertiary/aromatic N) is 3. The Balaban J connectivity index is 1.24. The molecule has 0 radical (unpaired) electrons. The van der Waals surface area contributed by atoms with E-state index in [4.69, 9.17) is 0 Å². The molecule has 0 bridgehead atoms. The summed E-state index contributed by atoms with van der Waals surface area (Å²) in [5.74, 6) is 0. The lowest BCUT2D eigenvalue weighted by atomic mass is 9.33. The third kappa shape index (κ3) is 6.77. The zero-order chi connectivity index (χ0) is 50.4. The number of para-hydroxylation sites is 1. The molecule has 1 aliphatic carbocycles. The van der Waals surface area contributed by atoms with Crippen LogP contribution >= 0.6 is 0 Å². The minimum Gasteiger partial charge on any atom is -0.330 e. The summed E-state index contributed by atoms with van der Waals surface area (Å²) in [5.41, 5.74) is 26.7. The van der Waals surface area contributed by atoms with Gasteiger partial charge >= 0.3 is 0 Å². The Hall–Kier alpha value is -6.78. The second-order valence-corrected chi connectivity index (χ2v) is 25.1. The van der Waals surface area contributed by atoms with Gasteiger partial charge in [0.25, 0.3) is 6.71 Å². The molecule has 72 heavy (non-hydrogen) atoms. The van der Waals surface area contributed by atoms with Crippen molar-refractivity contribution in [3.05, 3.63) is 208 Å². The van der Waals surface area contributed by atoms with Gasteiger partial charge in [0.2, 0.25) is 0 Å². The van der Waals surface area contributed by atoms with Crippen molar-refractivity contribution in [3.8, 4) is 11.1 Å². The SMILES string of the molecule is Cc1cc(C)c2c(c1)C1(C)CCc3ccccc3C1(C)N2c1cc2c3c(c1)N(c1ccc(C(C)(C)C)cc1-c1ccccc1)c1ccccc1B3c1cc(C(C)(C)C)ccc1N2c1ccc(C(C)(C)C)cc1. The summed E-state index contributed by atoms with van der Waals surface area (Å²) in [5, 5.41) is 0. The minimum absolute atomic E-state index is 0.0144. The van der Waals surface area contributed by atoms with E-state index < -0.39 is 5.54 Å². The van der Waals surface area contributed by atoms with Gasteiger partial charge in [0.05, 0.1) is 11.2 Å². The highest BCUT2D eigenvalue weighted by molar-refractivity contribution is 7.00. The first kappa shape index (κ1) is 46.3. The summed E-state index contributed by atoms with van der Waals surface area (Å²) in [7, 11) is 0. The molecule has 0 saturated carbocycles. The maximum atomic E-state index is 2.81. The van der Waals surface area contributed by atoms with Crippen LogP contribution in [-0.2, 0) is 33.6 Å². The largest absolute Gasteiger partial charge is 0.330 e. The molecule has 0 spiro atoms. The van der Waals surface area contributed by atoms with Crippen molar-refractivity contribution in [2.24, 2.45) is 0 Å². The fraction of sp³-hybridized carbons (Fsp3) is 0.294. The molecule has 0 aromatic heterocycles. The molecule has 3 nitrogen and oxygen atoms in total. The van der Waals surface area contributed by atoms with Gasteiger partial charge in [-0.15, -0.1) is 0 Å². The van der Waals surface area contributed by atoms with Crippen LogP contribution in [0.2, 0.25) is 0 Å². The van der Waals surface area contributed by atoms with Gasteiger partial charge in [-0.1, -0.05) is 190 Å². The summed E-state index contributed by atoms with van der Waals surface area (Å²) in [4.78, 5) is 8.08. The zero-order valence-electron chi connectivity index (χ0n) is 44.9. The summed E-state index contributed by atoms with van der Waals surface area (Å²) >= 11 is 0. The Morgan fingerprint density at radius 2 is 1.06 bits per heavy atom. The number of hydrogen-bond donors (Lipinski definition) is 0. The predicted octanol–water partition coefficient (Wildman–Crippen LogP) is 16.2. The first-order chi connectivity index (χ1) is 34.2. The molecule has 4 heteroatoms. The first-order valence-corrected chi connectivity index (χ1v) is 26.5. The van der Waals surface area contributed by atoms with E-state index in [1.54, 1.807) is 0 Å². The number of aryl methyl sites for hydroxylation is 3. The fourth-order valence-electron chi connectivity index (χ4n) is 13.4. The summed E-state index contributed by atoms with van der Waals surface area (Å²) in [6.07, 6.45) is 2.13. The topological polar surface area (TPSA) is 9.72 Å². The van der Waals surface area contributed by atoms with Crippen LogP contribution < -0.4 is 31.1 Å². The maximum absolute atomic E-state index is 2.81. The van der Waals surface area contributed by atoms with Crippen LogP contribution in [0.25, 0.3) is 11.1 Å². The summed E-state index contributed by atoms with van der Waals surface area (Å²) < 4.78 is 0. The van der Waals surface area contributed by atoms with Crippen LogP contribution in [0, 0.1) is 13.8 Å². The minimum atomic E-state index is -0.391. The molecule has 8 aromatic rings. The van der Waals surface area contributed by atoms with Crippen molar-refractivity contribution in [1.29, 1.82) is 0 Å². The molecular formula is C68H70BN3. The van der Waals surface area contributed by atoms with Crippen molar-refractivity contribution in [2.45, 2.75) is 130 Å². The smallest absolute Gasteiger partial charge is 0.252 e. The third-order valence-corrected chi connectivity index (χ3v) is 17.5. The van der Waals surface area contributed by atoms with Crippen LogP contribution in [0.1, 0.15) is 127 Å². The zero-order valence-corrected chi connectivity index (χ0v) is 44.9. The highest BCUT2D eigenvalue weighted by Crippen LogP contribution is 2.65. The molecule has 2 atom stereocenters. The molecule has 3 heterocycles. The van der Waals surface area contributed by atoms with Crippen LogP contribution in [0.3, 0.4) is 0 Å². The van der Waals surface area contributed by atoms with E-state index in [1.807, 2.05) is 0 Å². The molecule has 3 aliphatic heterocycles. The molecule has 12 rings (SSSR count). The fourth-order valence-corrected chi connectivity index (χ4v) is 13.4. The van der Waals surface area contributed by atoms with E-state index in [2.05, 4.69) is 269 Å². The highest BCUT2D eigenvalue weighted by atomic mass is 15.3. The number of fused-ring (bicyclic) bond motifs is 9. The lowest BCUT2D eigenvalue weighted by Gasteiger charge is -2.52. The van der Waals surface area contributed by atoms with Gasteiger partial charge in [0.15, 0.2) is 0 Å². The molecule has 0 N–H and O–H groups in total. The maximum Gasteiger partial charge on any atom is 0.252 e. The van der Waals surface area contributed by atoms with Gasteiger partial charge in [0, 0.05) is 50.8 Å². The molecule has 2 unspecified atom stereocenters. The van der Waals surface area contributed by atoms with E-state index in [9.17, 15) is 0 Å². The monoisotopic (exact) mass is 940 g/mol. The average Bonchev–Trinajstić information content (AvgIpc) is 3.56. The highest BCUT2D eigenvalue weighted by Gasteiger charge is 2.61. The van der Waals surface area contributed by atoms with Crippen molar-refractivity contribution in [1.82, 2.24) is 0 Å². The quantitative estimate of drug-likeness (QED) is 0.163. The second kappa shape index (κ2) is 15.9. The first-order valence-electron chi connectivity index (χ1n) is 26.5. The van der Waals surface area contributed by atoms with E-state index in [1.165, 1.54) is 118 Å². The van der Waals surface area contributed by atoms with Crippen LogP contribution in [-0.4, -0.2) is 6.71 Å². The van der Waals surface area contributed by atoms with Crippen LogP contribution in [0.5, 0.6) is 0 Å². The van der Waals surface area contributed by atoms with Crippen molar-refractivity contribution in [2.75, 3.05) is 14.7 Å². The molecule has 8 aromatic carbocycles. The molecular weight excluding hydrogens is 870 g/mol. The van der Waals surface area contributed by atoms with Crippen molar-refractivity contribution >= 4 is 68.6 Å². The van der Waals surface area contributed by atoms with Gasteiger partial charge in [-0.05, 0) is 159 Å². The Labute approximate surface area is 430 Å². The molecule has 0 saturated heterocycles. The lowest BCUT2D eigenvalue weighted by Crippen LogP contribution is -2.61. The second-order valence-electron chi connectivity index (χ2n) is 25.1. The van der Waals surface area contributed by atoms with Gasteiger partial charge in [-0.3, -0.25) is 0 Å². The molecule has 360 valence electrons. The number of hydrogen-bond acceptors (Lipinski definition) is 3. The van der Waals surface area contributed by atoms with Crippen molar-refractivity contribution < 1.29 is 0 Å². The van der Waals surface area contributed by atoms with Crippen LogP contribution in [0.4, 0.5) is 45.5 Å². The average molecular weight is 940 g/mol. The molecule has 4 aliphatic rings. The Morgan fingerprint density at radius 1 is 0.472 bits per heavy atom. The lowest BCUT2D eigenvalue weighted by molar-refractivity contribution is 0.245.